The van der Waals surface area contributed by atoms with Crippen LogP contribution < -0.4 is 9.64 Å². The van der Waals surface area contributed by atoms with Crippen molar-refractivity contribution in [3.63, 3.8) is 0 Å². The highest BCUT2D eigenvalue weighted by Gasteiger charge is 2.42. The second-order valence-electron chi connectivity index (χ2n) is 15.6. The molecule has 0 N–H and O–H groups in total. The molecule has 0 aliphatic carbocycles. The number of piperidine rings is 1. The zero-order valence-corrected chi connectivity index (χ0v) is 34.8. The number of aryl methyl sites for hydroxylation is 1. The lowest BCUT2D eigenvalue weighted by Gasteiger charge is -2.44. The number of amides is 1. The van der Waals surface area contributed by atoms with E-state index in [1.165, 1.54) is 0 Å². The van der Waals surface area contributed by atoms with Crippen LogP contribution in [0.3, 0.4) is 0 Å². The smallest absolute Gasteiger partial charge is 0.410 e. The van der Waals surface area contributed by atoms with Crippen LogP contribution in [0.4, 0.5) is 10.5 Å². The van der Waals surface area contributed by atoms with Crippen molar-refractivity contribution in [1.82, 2.24) is 4.90 Å². The first kappa shape index (κ1) is 43.4. The predicted molar refractivity (Wildman–Crippen MR) is 215 cm³/mol. The monoisotopic (exact) mass is 796 g/mol. The van der Waals surface area contributed by atoms with E-state index < -0.39 is 33.8 Å². The van der Waals surface area contributed by atoms with Crippen LogP contribution in [0.15, 0.2) is 71.6 Å². The summed E-state index contributed by atoms with van der Waals surface area (Å²) in [5.74, 6) is 0.0256. The van der Waals surface area contributed by atoms with Gasteiger partial charge in [0.05, 0.1) is 62.3 Å². The van der Waals surface area contributed by atoms with Crippen molar-refractivity contribution in [3.8, 4) is 5.75 Å². The van der Waals surface area contributed by atoms with Gasteiger partial charge >= 0.3 is 6.09 Å². The second kappa shape index (κ2) is 20.1. The van der Waals surface area contributed by atoms with E-state index in [1.807, 2.05) is 77.9 Å². The first-order valence-electron chi connectivity index (χ1n) is 19.6. The van der Waals surface area contributed by atoms with Gasteiger partial charge in [0.15, 0.2) is 0 Å². The highest BCUT2D eigenvalue weighted by molar-refractivity contribution is 7.86. The van der Waals surface area contributed by atoms with Gasteiger partial charge in [-0.2, -0.15) is 8.42 Å². The molecule has 1 unspecified atom stereocenters. The summed E-state index contributed by atoms with van der Waals surface area (Å²) in [7, 11) is -2.39. The number of likely N-dealkylation sites (tertiary alicyclic amines) is 1. The standard InChI is InChI=1S/C43H60N2O10S/c1-8-51-32(3)27-50-28-33-12-15-35(16-13-33)41-36(30-54-56(47,48)37-17-10-31(2)11-18-37)25-45(42(46)55-43(4,5)6)26-40(41)53-29-34-14-19-39-38(24-34)44(21-23-52-39)20-9-22-49-7/h10-19,24,32,36,40-41H,8-9,20-23,25-30H2,1-7H3/t32?,36-,40-,41-/m0/s1. The summed E-state index contributed by atoms with van der Waals surface area (Å²) in [6, 6.07) is 20.7. The highest BCUT2D eigenvalue weighted by Crippen LogP contribution is 2.38. The number of ether oxygens (including phenoxy) is 6. The number of nitrogens with zero attached hydrogens (tertiary/aromatic N) is 2. The summed E-state index contributed by atoms with van der Waals surface area (Å²) in [5.41, 5.74) is 4.08. The quantitative estimate of drug-likeness (QED) is 0.0967. The molecule has 12 nitrogen and oxygen atoms in total. The molecule has 5 rings (SSSR count). The van der Waals surface area contributed by atoms with Crippen LogP contribution in [0.2, 0.25) is 0 Å². The molecule has 2 aliphatic rings. The lowest BCUT2D eigenvalue weighted by molar-refractivity contribution is -0.0582. The topological polar surface area (TPSA) is 122 Å². The minimum atomic E-state index is -4.10. The van der Waals surface area contributed by atoms with E-state index in [0.717, 1.165) is 53.2 Å². The number of carbonyl (C=O) groups excluding carboxylic acids is 1. The van der Waals surface area contributed by atoms with E-state index >= 15 is 0 Å². The zero-order valence-electron chi connectivity index (χ0n) is 34.0. The Morgan fingerprint density at radius 2 is 1.71 bits per heavy atom. The molecule has 2 aliphatic heterocycles. The fourth-order valence-corrected chi connectivity index (χ4v) is 8.04. The van der Waals surface area contributed by atoms with E-state index in [0.29, 0.717) is 33.0 Å². The van der Waals surface area contributed by atoms with Crippen molar-refractivity contribution in [2.75, 3.05) is 71.2 Å². The lowest BCUT2D eigenvalue weighted by Crippen LogP contribution is -2.53. The number of carbonyl (C=O) groups is 1. The molecule has 13 heteroatoms. The zero-order chi connectivity index (χ0) is 40.3. The molecule has 3 aromatic carbocycles. The largest absolute Gasteiger partial charge is 0.490 e. The average Bonchev–Trinajstić information content (AvgIpc) is 3.16. The van der Waals surface area contributed by atoms with Gasteiger partial charge in [-0.15, -0.1) is 0 Å². The average molecular weight is 797 g/mol. The number of anilines is 1. The van der Waals surface area contributed by atoms with Crippen molar-refractivity contribution < 1.29 is 45.8 Å². The molecular weight excluding hydrogens is 737 g/mol. The number of hydrogen-bond acceptors (Lipinski definition) is 11. The maximum absolute atomic E-state index is 13.7. The number of benzene rings is 3. The third kappa shape index (κ3) is 12.4. The van der Waals surface area contributed by atoms with Gasteiger partial charge in [-0.1, -0.05) is 48.0 Å². The van der Waals surface area contributed by atoms with Crippen molar-refractivity contribution in [3.05, 3.63) is 89.0 Å². The third-order valence-electron chi connectivity index (χ3n) is 9.82. The minimum absolute atomic E-state index is 0.00865. The molecule has 2 heterocycles. The Bertz CT molecular complexity index is 1800. The first-order chi connectivity index (χ1) is 26.8. The Balaban J connectivity index is 1.44. The lowest BCUT2D eigenvalue weighted by atomic mass is 9.78. The van der Waals surface area contributed by atoms with Gasteiger partial charge in [0, 0.05) is 45.2 Å². The van der Waals surface area contributed by atoms with Crippen LogP contribution in [0.25, 0.3) is 0 Å². The Kier molecular flexibility index (Phi) is 15.6. The maximum Gasteiger partial charge on any atom is 0.410 e. The Labute approximate surface area is 333 Å². The molecule has 0 radical (unpaired) electrons. The molecule has 3 aromatic rings. The van der Waals surface area contributed by atoms with Crippen LogP contribution >= 0.6 is 0 Å². The van der Waals surface area contributed by atoms with Crippen LogP contribution in [-0.4, -0.2) is 104 Å². The molecule has 308 valence electrons. The van der Waals surface area contributed by atoms with E-state index in [9.17, 15) is 13.2 Å². The Hall–Kier alpha value is -3.72. The summed E-state index contributed by atoms with van der Waals surface area (Å²) in [4.78, 5) is 17.6. The van der Waals surface area contributed by atoms with Gasteiger partial charge in [0.2, 0.25) is 0 Å². The van der Waals surface area contributed by atoms with Crippen molar-refractivity contribution in [2.45, 2.75) is 89.8 Å². The minimum Gasteiger partial charge on any atom is -0.490 e. The highest BCUT2D eigenvalue weighted by atomic mass is 32.2. The molecule has 0 spiro atoms. The van der Waals surface area contributed by atoms with Gasteiger partial charge < -0.3 is 38.2 Å². The van der Waals surface area contributed by atoms with Crippen molar-refractivity contribution in [2.24, 2.45) is 5.92 Å². The molecule has 0 bridgehead atoms. The normalized spacial score (nSPS) is 19.3. The third-order valence-corrected chi connectivity index (χ3v) is 11.1. The van der Waals surface area contributed by atoms with Gasteiger partial charge in [0.1, 0.15) is 18.0 Å². The van der Waals surface area contributed by atoms with Crippen molar-refractivity contribution in [1.29, 1.82) is 0 Å². The molecule has 56 heavy (non-hydrogen) atoms. The second-order valence-corrected chi connectivity index (χ2v) is 17.2. The summed E-state index contributed by atoms with van der Waals surface area (Å²) in [6.07, 6.45) is -0.152. The van der Waals surface area contributed by atoms with Crippen LogP contribution in [-0.2, 0) is 51.2 Å². The number of hydrogen-bond donors (Lipinski definition) is 0. The molecule has 4 atom stereocenters. The van der Waals surface area contributed by atoms with Gasteiger partial charge in [-0.25, -0.2) is 4.79 Å². The number of rotatable bonds is 18. The van der Waals surface area contributed by atoms with Crippen molar-refractivity contribution >= 4 is 21.9 Å². The number of fused-ring (bicyclic) bond motifs is 1. The molecule has 0 aromatic heterocycles. The molecule has 1 saturated heterocycles. The van der Waals surface area contributed by atoms with Crippen LogP contribution in [0.5, 0.6) is 5.75 Å². The SMILES string of the molecule is CCOC(C)COCc1ccc([C@H]2[C@H](COS(=O)(=O)c3ccc(C)cc3)CN(C(=O)OC(C)(C)C)C[C@@H]2OCc2ccc3c(c2)N(CCCOC)CCO3)cc1. The van der Waals surface area contributed by atoms with Crippen LogP contribution in [0, 0.1) is 12.8 Å². The summed E-state index contributed by atoms with van der Waals surface area (Å²) >= 11 is 0. The fourth-order valence-electron chi connectivity index (χ4n) is 7.09. The van der Waals surface area contributed by atoms with E-state index in [2.05, 4.69) is 11.0 Å². The van der Waals surface area contributed by atoms with Gasteiger partial charge in [-0.3, -0.25) is 4.18 Å². The number of methoxy groups -OCH3 is 1. The maximum atomic E-state index is 13.7. The summed E-state index contributed by atoms with van der Waals surface area (Å²) in [5, 5.41) is 0. The van der Waals surface area contributed by atoms with E-state index in [4.69, 9.17) is 32.6 Å². The molecule has 1 amide bonds. The molecule has 0 saturated carbocycles. The van der Waals surface area contributed by atoms with Gasteiger partial charge in [0.25, 0.3) is 10.1 Å². The predicted octanol–water partition coefficient (Wildman–Crippen LogP) is 7.11. The van der Waals surface area contributed by atoms with Crippen LogP contribution in [0.1, 0.15) is 69.2 Å². The molecular formula is C43H60N2O10S. The Morgan fingerprint density at radius 3 is 2.41 bits per heavy atom. The van der Waals surface area contributed by atoms with Gasteiger partial charge in [-0.05, 0) is 88.9 Å². The summed E-state index contributed by atoms with van der Waals surface area (Å²) < 4.78 is 68.2. The summed E-state index contributed by atoms with van der Waals surface area (Å²) in [6.45, 7) is 16.2. The molecule has 1 fully saturated rings. The first-order valence-corrected chi connectivity index (χ1v) is 21.0. The van der Waals surface area contributed by atoms with E-state index in [1.54, 1.807) is 36.3 Å². The Morgan fingerprint density at radius 1 is 0.982 bits per heavy atom. The fraction of sp³-hybridized carbons (Fsp3) is 0.558. The van der Waals surface area contributed by atoms with E-state index in [-0.39, 0.29) is 43.2 Å².